The molecule has 2 unspecified atom stereocenters. The normalized spacial score (nSPS) is 20.0. The number of piperidine rings is 1. The van der Waals surface area contributed by atoms with E-state index in [1.54, 1.807) is 37.3 Å². The molecule has 0 aliphatic carbocycles. The fourth-order valence-electron chi connectivity index (χ4n) is 4.62. The van der Waals surface area contributed by atoms with Gasteiger partial charge in [-0.1, -0.05) is 35.6 Å². The highest BCUT2D eigenvalue weighted by molar-refractivity contribution is 7.93. The molecule has 32 heavy (non-hydrogen) atoms. The van der Waals surface area contributed by atoms with Gasteiger partial charge in [0.15, 0.2) is 5.13 Å². The molecule has 1 saturated heterocycles. The molecular weight excluding hydrogens is 448 g/mol. The van der Waals surface area contributed by atoms with Crippen molar-refractivity contribution in [2.75, 3.05) is 17.8 Å². The lowest BCUT2D eigenvalue weighted by atomic mass is 9.83. The number of fused-ring (bicyclic) bond motifs is 4. The molecule has 1 amide bonds. The Kier molecular flexibility index (Phi) is 5.13. The number of pyridine rings is 1. The van der Waals surface area contributed by atoms with Crippen LogP contribution in [0.1, 0.15) is 33.4 Å². The summed E-state index contributed by atoms with van der Waals surface area (Å²) in [7, 11) is -3.78. The standard InChI is InChI=1S/C22H22N4O4S2/c1-14-20(31-22(23-14)24-32(29,30)17-6-3-2-4-7-17)21(28)25-11-15-10-16(13-25)18-8-5-9-19(27)26(18)12-15/h2-9,15-16H,10-13H2,1H3,(H,23,24). The second-order valence-corrected chi connectivity index (χ2v) is 10.9. The van der Waals surface area contributed by atoms with Gasteiger partial charge in [-0.05, 0) is 37.5 Å². The van der Waals surface area contributed by atoms with Crippen molar-refractivity contribution < 1.29 is 13.2 Å². The smallest absolute Gasteiger partial charge is 0.265 e. The van der Waals surface area contributed by atoms with E-state index in [2.05, 4.69) is 9.71 Å². The quantitative estimate of drug-likeness (QED) is 0.632. The molecule has 3 aromatic rings. The van der Waals surface area contributed by atoms with Gasteiger partial charge in [-0.3, -0.25) is 14.3 Å². The van der Waals surface area contributed by atoms with Crippen LogP contribution in [0.25, 0.3) is 0 Å². The predicted octanol–water partition coefficient (Wildman–Crippen LogP) is 2.67. The number of benzene rings is 1. The summed E-state index contributed by atoms with van der Waals surface area (Å²) in [4.78, 5) is 32.2. The molecule has 1 fully saturated rings. The van der Waals surface area contributed by atoms with Gasteiger partial charge in [-0.25, -0.2) is 13.4 Å². The molecule has 5 rings (SSSR count). The number of anilines is 1. The average Bonchev–Trinajstić information content (AvgIpc) is 3.13. The lowest BCUT2D eigenvalue weighted by Crippen LogP contribution is -2.49. The number of likely N-dealkylation sites (tertiary alicyclic amines) is 1. The van der Waals surface area contributed by atoms with Crippen molar-refractivity contribution in [3.8, 4) is 0 Å². The number of aromatic nitrogens is 2. The molecule has 0 radical (unpaired) electrons. The topological polar surface area (TPSA) is 101 Å². The number of rotatable bonds is 4. The summed E-state index contributed by atoms with van der Waals surface area (Å²) in [6.07, 6.45) is 0.955. The molecule has 166 valence electrons. The number of carbonyl (C=O) groups is 1. The first-order valence-corrected chi connectivity index (χ1v) is 12.7. The fraction of sp³-hybridized carbons (Fsp3) is 0.318. The van der Waals surface area contributed by atoms with Crippen molar-refractivity contribution in [3.63, 3.8) is 0 Å². The molecule has 4 heterocycles. The molecule has 0 spiro atoms. The SMILES string of the molecule is Cc1nc(NS(=O)(=O)c2ccccc2)sc1C(=O)N1CC2CC(C1)c1cccc(=O)n1C2. The molecule has 2 atom stereocenters. The third kappa shape index (κ3) is 3.73. The van der Waals surface area contributed by atoms with E-state index in [9.17, 15) is 18.0 Å². The Balaban J connectivity index is 1.37. The molecule has 8 nitrogen and oxygen atoms in total. The highest BCUT2D eigenvalue weighted by Gasteiger charge is 2.37. The van der Waals surface area contributed by atoms with E-state index in [0.29, 0.717) is 30.2 Å². The van der Waals surface area contributed by atoms with Gasteiger partial charge in [0.1, 0.15) is 4.88 Å². The van der Waals surface area contributed by atoms with Gasteiger partial charge in [0.2, 0.25) is 0 Å². The number of carbonyl (C=O) groups excluding carboxylic acids is 1. The summed E-state index contributed by atoms with van der Waals surface area (Å²) < 4.78 is 29.5. The third-order valence-corrected chi connectivity index (χ3v) is 8.58. The van der Waals surface area contributed by atoms with Gasteiger partial charge in [-0.2, -0.15) is 0 Å². The second kappa shape index (κ2) is 7.86. The molecule has 1 N–H and O–H groups in total. The first-order chi connectivity index (χ1) is 15.3. The monoisotopic (exact) mass is 470 g/mol. The number of aryl methyl sites for hydroxylation is 1. The van der Waals surface area contributed by atoms with Gasteiger partial charge in [0.25, 0.3) is 21.5 Å². The Morgan fingerprint density at radius 3 is 2.66 bits per heavy atom. The third-order valence-electron chi connectivity index (χ3n) is 6.03. The largest absolute Gasteiger partial charge is 0.337 e. The molecule has 2 aromatic heterocycles. The molecule has 2 bridgehead atoms. The minimum absolute atomic E-state index is 0.00520. The highest BCUT2D eigenvalue weighted by Crippen LogP contribution is 2.36. The Bertz CT molecular complexity index is 1350. The van der Waals surface area contributed by atoms with Crippen molar-refractivity contribution in [1.82, 2.24) is 14.5 Å². The van der Waals surface area contributed by atoms with Gasteiger partial charge in [0.05, 0.1) is 10.6 Å². The van der Waals surface area contributed by atoms with Crippen LogP contribution in [0.3, 0.4) is 0 Å². The molecular formula is C22H22N4O4S2. The highest BCUT2D eigenvalue weighted by atomic mass is 32.2. The van der Waals surface area contributed by atoms with E-state index in [1.165, 1.54) is 12.1 Å². The van der Waals surface area contributed by atoms with E-state index in [4.69, 9.17) is 0 Å². The maximum Gasteiger partial charge on any atom is 0.265 e. The number of nitrogens with zero attached hydrogens (tertiary/aromatic N) is 3. The van der Waals surface area contributed by atoms with Crippen molar-refractivity contribution in [1.29, 1.82) is 0 Å². The van der Waals surface area contributed by atoms with Crippen LogP contribution in [0.5, 0.6) is 0 Å². The zero-order valence-electron chi connectivity index (χ0n) is 17.4. The number of amides is 1. The van der Waals surface area contributed by atoms with E-state index in [-0.39, 0.29) is 33.3 Å². The molecule has 0 saturated carbocycles. The molecule has 1 aromatic carbocycles. The molecule has 10 heteroatoms. The zero-order valence-corrected chi connectivity index (χ0v) is 19.0. The van der Waals surface area contributed by atoms with Crippen LogP contribution in [-0.4, -0.2) is 41.9 Å². The van der Waals surface area contributed by atoms with Crippen molar-refractivity contribution in [3.05, 3.63) is 75.1 Å². The number of sulfonamides is 1. The number of thiazole rings is 1. The van der Waals surface area contributed by atoms with Crippen LogP contribution in [0, 0.1) is 12.8 Å². The van der Waals surface area contributed by atoms with E-state index >= 15 is 0 Å². The summed E-state index contributed by atoms with van der Waals surface area (Å²) in [5.41, 5.74) is 1.48. The summed E-state index contributed by atoms with van der Waals surface area (Å²) in [6, 6.07) is 13.4. The Morgan fingerprint density at radius 1 is 1.09 bits per heavy atom. The average molecular weight is 471 g/mol. The Hall–Kier alpha value is -2.98. The summed E-state index contributed by atoms with van der Waals surface area (Å²) in [5, 5.41) is 0.170. The van der Waals surface area contributed by atoms with Gasteiger partial charge in [-0.15, -0.1) is 0 Å². The Morgan fingerprint density at radius 2 is 1.88 bits per heavy atom. The van der Waals surface area contributed by atoms with E-state index < -0.39 is 10.0 Å². The lowest BCUT2D eigenvalue weighted by Gasteiger charge is -2.42. The second-order valence-electron chi connectivity index (χ2n) is 8.26. The van der Waals surface area contributed by atoms with Gasteiger partial charge < -0.3 is 9.47 Å². The first kappa shape index (κ1) is 20.9. The molecule has 2 aliphatic heterocycles. The van der Waals surface area contributed by atoms with E-state index in [0.717, 1.165) is 23.5 Å². The lowest BCUT2D eigenvalue weighted by molar-refractivity contribution is 0.0598. The van der Waals surface area contributed by atoms with E-state index in [1.807, 2.05) is 15.5 Å². The summed E-state index contributed by atoms with van der Waals surface area (Å²) >= 11 is 1.05. The maximum atomic E-state index is 13.3. The van der Waals surface area contributed by atoms with Crippen LogP contribution in [-0.2, 0) is 16.6 Å². The van der Waals surface area contributed by atoms with Crippen molar-refractivity contribution in [2.45, 2.75) is 30.7 Å². The first-order valence-electron chi connectivity index (χ1n) is 10.4. The van der Waals surface area contributed by atoms with Crippen LogP contribution < -0.4 is 10.3 Å². The maximum absolute atomic E-state index is 13.3. The number of hydrogen-bond acceptors (Lipinski definition) is 6. The molecule has 2 aliphatic rings. The van der Waals surface area contributed by atoms with Crippen LogP contribution in [0.2, 0.25) is 0 Å². The minimum Gasteiger partial charge on any atom is -0.337 e. The summed E-state index contributed by atoms with van der Waals surface area (Å²) in [6.45, 7) is 3.42. The van der Waals surface area contributed by atoms with Crippen molar-refractivity contribution >= 4 is 32.4 Å². The fourth-order valence-corrected chi connectivity index (χ4v) is 6.81. The predicted molar refractivity (Wildman–Crippen MR) is 122 cm³/mol. The van der Waals surface area contributed by atoms with Gasteiger partial charge in [0, 0.05) is 37.3 Å². The minimum atomic E-state index is -3.78. The Labute approximate surface area is 189 Å². The van der Waals surface area contributed by atoms with Crippen molar-refractivity contribution in [2.24, 2.45) is 5.92 Å². The number of nitrogens with one attached hydrogen (secondary N) is 1. The zero-order chi connectivity index (χ0) is 22.5. The van der Waals surface area contributed by atoms with Crippen LogP contribution in [0.15, 0.2) is 58.2 Å². The van der Waals surface area contributed by atoms with Crippen LogP contribution >= 0.6 is 11.3 Å². The van der Waals surface area contributed by atoms with Gasteiger partial charge >= 0.3 is 0 Å². The van der Waals surface area contributed by atoms with Crippen LogP contribution in [0.4, 0.5) is 5.13 Å². The number of hydrogen-bond donors (Lipinski definition) is 1. The summed E-state index contributed by atoms with van der Waals surface area (Å²) in [5.74, 6) is 0.186.